The second-order valence-corrected chi connectivity index (χ2v) is 11.7. The van der Waals surface area contributed by atoms with E-state index < -0.39 is 0 Å². The molecule has 2 nitrogen and oxygen atoms in total. The molecule has 0 radical (unpaired) electrons. The normalized spacial score (nSPS) is 12.8. The minimum absolute atomic E-state index is 0.514. The second-order valence-electron chi connectivity index (χ2n) is 11.7. The van der Waals surface area contributed by atoms with Crippen LogP contribution in [-0.2, 0) is 24.6 Å². The number of allylic oxidation sites excluding steroid dienone is 1. The predicted molar refractivity (Wildman–Crippen MR) is 174 cm³/mol. The number of nitrogens with zero attached hydrogens (tertiary/aromatic N) is 2. The van der Waals surface area contributed by atoms with E-state index in [1.165, 1.54) is 39.2 Å². The average molecular weight is 652 g/mol. The fourth-order valence-corrected chi connectivity index (χ4v) is 5.31. The third-order valence-electron chi connectivity index (χ3n) is 7.34. The molecule has 1 aliphatic heterocycles. The molecule has 0 spiro atoms. The SMILES string of the molecule is C=CCc1ccccc1.CC(C)c1cccc(C(C)C)c1N1C=[N+](c2c(C(C)C)cccc2C(C)C)CC1.[Cl][Pd+]. The van der Waals surface area contributed by atoms with Gasteiger partial charge in [-0.25, -0.2) is 9.48 Å². The maximum absolute atomic E-state index is 4.49. The number of anilines is 1. The Kier molecular flexibility index (Phi) is 14.4. The molecule has 0 N–H and O–H groups in total. The average Bonchev–Trinajstić information content (AvgIpc) is 3.44. The van der Waals surface area contributed by atoms with Crippen molar-refractivity contribution in [2.75, 3.05) is 18.0 Å². The zero-order chi connectivity index (χ0) is 29.8. The number of para-hydroxylation sites is 2. The van der Waals surface area contributed by atoms with E-state index in [1.54, 1.807) is 0 Å². The number of rotatable bonds is 8. The zero-order valence-electron chi connectivity index (χ0n) is 25.7. The minimum atomic E-state index is 0.514. The number of hydrogen-bond donors (Lipinski definition) is 0. The van der Waals surface area contributed by atoms with Crippen LogP contribution < -0.4 is 4.90 Å². The van der Waals surface area contributed by atoms with Gasteiger partial charge < -0.3 is 0 Å². The molecule has 0 aliphatic carbocycles. The monoisotopic (exact) mass is 650 g/mol. The van der Waals surface area contributed by atoms with Gasteiger partial charge in [0.25, 0.3) is 0 Å². The number of benzene rings is 3. The van der Waals surface area contributed by atoms with Crippen molar-refractivity contribution in [2.45, 2.75) is 85.5 Å². The summed E-state index contributed by atoms with van der Waals surface area (Å²) in [6, 6.07) is 24.0. The molecule has 0 saturated heterocycles. The van der Waals surface area contributed by atoms with Gasteiger partial charge in [0.2, 0.25) is 6.34 Å². The molecule has 3 aromatic carbocycles. The van der Waals surface area contributed by atoms with Gasteiger partial charge in [-0.1, -0.05) is 128 Å². The molecule has 1 aliphatic rings. The quantitative estimate of drug-likeness (QED) is 0.134. The summed E-state index contributed by atoms with van der Waals surface area (Å²) >= 11 is 2.22. The molecule has 0 fully saturated rings. The van der Waals surface area contributed by atoms with E-state index in [0.717, 1.165) is 19.5 Å². The summed E-state index contributed by atoms with van der Waals surface area (Å²) in [6.45, 7) is 24.2. The zero-order valence-corrected chi connectivity index (χ0v) is 28.0. The molecule has 218 valence electrons. The van der Waals surface area contributed by atoms with Crippen LogP contribution in [0.3, 0.4) is 0 Å². The van der Waals surface area contributed by atoms with Crippen molar-refractivity contribution in [1.82, 2.24) is 0 Å². The van der Waals surface area contributed by atoms with Gasteiger partial charge in [0.1, 0.15) is 24.5 Å². The molecule has 4 heteroatoms. The summed E-state index contributed by atoms with van der Waals surface area (Å²) in [4.78, 5) is 2.51. The molecule has 0 saturated carbocycles. The van der Waals surface area contributed by atoms with Gasteiger partial charge in [-0.15, -0.1) is 6.58 Å². The molecule has 3 aromatic rings. The Morgan fingerprint density at radius 3 is 1.60 bits per heavy atom. The van der Waals surface area contributed by atoms with E-state index in [2.05, 4.69) is 154 Å². The Labute approximate surface area is 259 Å². The standard InChI is InChI=1S/C27H39N2.C9H10.ClH.Pd/c1-18(2)22-11-9-12-23(19(3)4)26(22)28-15-16-29(17-28)27-24(20(5)6)13-10-14-25(27)21(7)8;1-2-6-9-7-4-3-5-8-9;;/h9-14,17-21H,15-16H2,1-8H3;2-5,7-8H,1,6H2;1H;/q+1;;;+2/p-1. The van der Waals surface area contributed by atoms with Crippen molar-refractivity contribution in [3.8, 4) is 0 Å². The van der Waals surface area contributed by atoms with Crippen LogP contribution in [0.15, 0.2) is 79.4 Å². The van der Waals surface area contributed by atoms with Crippen LogP contribution in [-0.4, -0.2) is 24.0 Å². The van der Waals surface area contributed by atoms with Crippen LogP contribution >= 0.6 is 9.53 Å². The Hall–Kier alpha value is -2.18. The van der Waals surface area contributed by atoms with E-state index in [1.807, 2.05) is 24.3 Å². The third-order valence-corrected chi connectivity index (χ3v) is 7.34. The first kappa shape index (κ1) is 34.0. The Morgan fingerprint density at radius 1 is 0.725 bits per heavy atom. The maximum atomic E-state index is 4.49. The van der Waals surface area contributed by atoms with Crippen LogP contribution in [0.2, 0.25) is 0 Å². The third kappa shape index (κ3) is 8.91. The number of halogens is 1. The first-order valence-corrected chi connectivity index (χ1v) is 16.6. The molecular formula is C36H49ClN2Pd+2. The summed E-state index contributed by atoms with van der Waals surface area (Å²) in [5.41, 5.74) is 9.99. The van der Waals surface area contributed by atoms with Crippen molar-refractivity contribution < 1.29 is 22.8 Å². The Balaban J connectivity index is 0.000000428. The topological polar surface area (TPSA) is 6.25 Å². The van der Waals surface area contributed by atoms with E-state index in [9.17, 15) is 0 Å². The van der Waals surface area contributed by atoms with Gasteiger partial charge in [0, 0.05) is 22.3 Å². The van der Waals surface area contributed by atoms with E-state index >= 15 is 0 Å². The van der Waals surface area contributed by atoms with Gasteiger partial charge in [-0.05, 0) is 35.7 Å². The summed E-state index contributed by atoms with van der Waals surface area (Å²) in [6.07, 6.45) is 5.26. The number of hydrogen-bond acceptors (Lipinski definition) is 1. The molecule has 0 amide bonds. The summed E-state index contributed by atoms with van der Waals surface area (Å²) in [5, 5.41) is 0. The van der Waals surface area contributed by atoms with Crippen LogP contribution in [0.25, 0.3) is 0 Å². The first-order chi connectivity index (χ1) is 19.1. The molecular weight excluding hydrogens is 602 g/mol. The van der Waals surface area contributed by atoms with Crippen LogP contribution in [0, 0.1) is 0 Å². The fourth-order valence-electron chi connectivity index (χ4n) is 5.31. The predicted octanol–water partition coefficient (Wildman–Crippen LogP) is 10.5. The van der Waals surface area contributed by atoms with E-state index in [0.29, 0.717) is 23.7 Å². The van der Waals surface area contributed by atoms with Gasteiger partial charge in [0.15, 0.2) is 0 Å². The van der Waals surface area contributed by atoms with Crippen molar-refractivity contribution in [3.05, 3.63) is 107 Å². The molecule has 1 heterocycles. The van der Waals surface area contributed by atoms with Gasteiger partial charge in [-0.3, -0.25) is 0 Å². The van der Waals surface area contributed by atoms with E-state index in [4.69, 9.17) is 0 Å². The Bertz CT molecular complexity index is 1180. The Morgan fingerprint density at radius 2 is 1.18 bits per heavy atom. The van der Waals surface area contributed by atoms with Crippen molar-refractivity contribution >= 4 is 27.2 Å². The molecule has 0 atom stereocenters. The molecule has 0 aromatic heterocycles. The summed E-state index contributed by atoms with van der Waals surface area (Å²) in [5.74, 6) is 2.06. The summed E-state index contributed by atoms with van der Waals surface area (Å²) in [7, 11) is 4.49. The molecule has 0 unspecified atom stereocenters. The summed E-state index contributed by atoms with van der Waals surface area (Å²) < 4.78 is 2.51. The van der Waals surface area contributed by atoms with Gasteiger partial charge >= 0.3 is 27.7 Å². The van der Waals surface area contributed by atoms with Crippen molar-refractivity contribution in [3.63, 3.8) is 0 Å². The van der Waals surface area contributed by atoms with Crippen LogP contribution in [0.4, 0.5) is 11.4 Å². The van der Waals surface area contributed by atoms with Gasteiger partial charge in [-0.2, -0.15) is 0 Å². The van der Waals surface area contributed by atoms with Crippen molar-refractivity contribution in [1.29, 1.82) is 0 Å². The first-order valence-electron chi connectivity index (χ1n) is 14.6. The molecule has 4 rings (SSSR count). The van der Waals surface area contributed by atoms with Crippen molar-refractivity contribution in [2.24, 2.45) is 0 Å². The van der Waals surface area contributed by atoms with Crippen LogP contribution in [0.5, 0.6) is 0 Å². The van der Waals surface area contributed by atoms with Gasteiger partial charge in [0.05, 0.1) is 0 Å². The van der Waals surface area contributed by atoms with Crippen LogP contribution in [0.1, 0.15) is 107 Å². The molecule has 40 heavy (non-hydrogen) atoms. The molecule has 0 bridgehead atoms. The second kappa shape index (κ2) is 16.9. The fraction of sp³-hybridized carbons (Fsp3) is 0.417. The van der Waals surface area contributed by atoms with E-state index in [-0.39, 0.29) is 0 Å².